The first-order chi connectivity index (χ1) is 7.79. The van der Waals surface area contributed by atoms with E-state index in [0.29, 0.717) is 6.54 Å². The topological polar surface area (TPSA) is 59.1 Å². The van der Waals surface area contributed by atoms with Crippen LogP contribution in [0.2, 0.25) is 0 Å². The van der Waals surface area contributed by atoms with Gasteiger partial charge in [-0.1, -0.05) is 6.07 Å². The van der Waals surface area contributed by atoms with E-state index in [4.69, 9.17) is 5.73 Å². The number of halogens is 1. The number of imidazole rings is 2. The van der Waals surface area contributed by atoms with Crippen molar-refractivity contribution < 1.29 is 0 Å². The molecule has 82 valence electrons. The van der Waals surface area contributed by atoms with E-state index in [9.17, 15) is 0 Å². The normalized spacial score (nSPS) is 11.6. The van der Waals surface area contributed by atoms with Crippen LogP contribution in [0.5, 0.6) is 0 Å². The van der Waals surface area contributed by atoms with Gasteiger partial charge in [0.05, 0.1) is 5.52 Å². The van der Waals surface area contributed by atoms with Crippen LogP contribution < -0.4 is 5.73 Å². The Morgan fingerprint density at radius 3 is 3.12 bits per heavy atom. The average Bonchev–Trinajstić information content (AvgIpc) is 2.77. The lowest BCUT2D eigenvalue weighted by Crippen LogP contribution is -2.02. The summed E-state index contributed by atoms with van der Waals surface area (Å²) in [7, 11) is 0. The molecule has 0 aliphatic heterocycles. The zero-order valence-electron chi connectivity index (χ0n) is 8.57. The number of nitrogens with zero attached hydrogens (tertiary/aromatic N) is 2. The monoisotopic (exact) mass is 278 g/mol. The molecule has 0 saturated heterocycles. The standard InChI is InChI=1S/C11H11BrN4/c12-8-2-1-3-9-10(8)15-11-14-7(4-5-13)6-16(9)11/h1-3,6H,4-5,13H2,(H,14,15). The highest BCUT2D eigenvalue weighted by molar-refractivity contribution is 9.10. The van der Waals surface area contributed by atoms with Gasteiger partial charge in [0.15, 0.2) is 0 Å². The number of nitrogens with two attached hydrogens (primary N) is 1. The SMILES string of the molecule is NCCc1cn2c(nc3c(Br)cccc32)[nH]1. The van der Waals surface area contributed by atoms with Crippen molar-refractivity contribution in [3.8, 4) is 0 Å². The molecule has 3 rings (SSSR count). The summed E-state index contributed by atoms with van der Waals surface area (Å²) in [4.78, 5) is 7.80. The summed E-state index contributed by atoms with van der Waals surface area (Å²) in [5.74, 6) is 0.866. The Kier molecular flexibility index (Phi) is 2.22. The van der Waals surface area contributed by atoms with Crippen LogP contribution in [0.1, 0.15) is 5.69 Å². The van der Waals surface area contributed by atoms with Crippen LogP contribution in [0.15, 0.2) is 28.9 Å². The van der Waals surface area contributed by atoms with Gasteiger partial charge in [0.1, 0.15) is 5.52 Å². The highest BCUT2D eigenvalue weighted by atomic mass is 79.9. The maximum atomic E-state index is 5.53. The van der Waals surface area contributed by atoms with Crippen LogP contribution >= 0.6 is 15.9 Å². The Hall–Kier alpha value is -1.33. The summed E-state index contributed by atoms with van der Waals surface area (Å²) in [6, 6.07) is 6.06. The summed E-state index contributed by atoms with van der Waals surface area (Å²) in [6.45, 7) is 0.644. The molecule has 0 fully saturated rings. The second kappa shape index (κ2) is 3.61. The molecule has 5 heteroatoms. The van der Waals surface area contributed by atoms with Crippen molar-refractivity contribution in [3.63, 3.8) is 0 Å². The summed E-state index contributed by atoms with van der Waals surface area (Å²) >= 11 is 3.50. The molecule has 2 aromatic heterocycles. The quantitative estimate of drug-likeness (QED) is 0.754. The maximum Gasteiger partial charge on any atom is 0.212 e. The van der Waals surface area contributed by atoms with Gasteiger partial charge in [-0.15, -0.1) is 0 Å². The fourth-order valence-corrected chi connectivity index (χ4v) is 2.36. The number of benzene rings is 1. The molecule has 0 unspecified atom stereocenters. The molecule has 2 heterocycles. The molecule has 4 nitrogen and oxygen atoms in total. The molecular formula is C11H11BrN4. The van der Waals surface area contributed by atoms with Gasteiger partial charge in [-0.05, 0) is 34.6 Å². The van der Waals surface area contributed by atoms with Gasteiger partial charge >= 0.3 is 0 Å². The van der Waals surface area contributed by atoms with E-state index in [2.05, 4.69) is 42.6 Å². The summed E-state index contributed by atoms with van der Waals surface area (Å²) in [5.41, 5.74) is 8.73. The highest BCUT2D eigenvalue weighted by Crippen LogP contribution is 2.24. The van der Waals surface area contributed by atoms with E-state index < -0.39 is 0 Å². The molecule has 0 atom stereocenters. The maximum absolute atomic E-state index is 5.53. The van der Waals surface area contributed by atoms with Crippen molar-refractivity contribution in [2.24, 2.45) is 5.73 Å². The number of para-hydroxylation sites is 1. The number of rotatable bonds is 2. The van der Waals surface area contributed by atoms with Crippen LogP contribution in [0, 0.1) is 0 Å². The van der Waals surface area contributed by atoms with Gasteiger partial charge in [0, 0.05) is 22.8 Å². The number of aromatic nitrogens is 3. The minimum absolute atomic E-state index is 0.644. The largest absolute Gasteiger partial charge is 0.330 e. The highest BCUT2D eigenvalue weighted by Gasteiger charge is 2.09. The summed E-state index contributed by atoms with van der Waals surface area (Å²) < 4.78 is 3.08. The molecule has 0 aliphatic carbocycles. The van der Waals surface area contributed by atoms with Crippen LogP contribution in [0.4, 0.5) is 0 Å². The summed E-state index contributed by atoms with van der Waals surface area (Å²) in [6.07, 6.45) is 2.91. The Balaban J connectivity index is 2.30. The van der Waals surface area contributed by atoms with Crippen molar-refractivity contribution >= 4 is 32.7 Å². The first kappa shape index (κ1) is 9.86. The van der Waals surface area contributed by atoms with E-state index in [1.165, 1.54) is 0 Å². The number of H-pyrrole nitrogens is 1. The lowest BCUT2D eigenvalue weighted by Gasteiger charge is -1.93. The van der Waals surface area contributed by atoms with Gasteiger partial charge in [-0.25, -0.2) is 4.98 Å². The second-order valence-electron chi connectivity index (χ2n) is 3.73. The summed E-state index contributed by atoms with van der Waals surface area (Å²) in [5, 5.41) is 0. The van der Waals surface area contributed by atoms with Crippen molar-refractivity contribution in [2.75, 3.05) is 6.54 Å². The Morgan fingerprint density at radius 1 is 1.44 bits per heavy atom. The van der Waals surface area contributed by atoms with E-state index in [1.807, 2.05) is 12.1 Å². The lowest BCUT2D eigenvalue weighted by atomic mass is 10.3. The molecule has 1 aromatic carbocycles. The predicted octanol–water partition coefficient (Wildman–Crippen LogP) is 2.08. The number of hydrogen-bond donors (Lipinski definition) is 2. The zero-order chi connectivity index (χ0) is 11.1. The Morgan fingerprint density at radius 2 is 2.31 bits per heavy atom. The van der Waals surface area contributed by atoms with Crippen molar-refractivity contribution in [3.05, 3.63) is 34.6 Å². The molecule has 3 N–H and O–H groups in total. The van der Waals surface area contributed by atoms with Crippen LogP contribution in [0.3, 0.4) is 0 Å². The van der Waals surface area contributed by atoms with Gasteiger partial charge in [-0.2, -0.15) is 0 Å². The van der Waals surface area contributed by atoms with Crippen LogP contribution in [0.25, 0.3) is 16.8 Å². The third kappa shape index (κ3) is 1.36. The number of fused-ring (bicyclic) bond motifs is 3. The third-order valence-electron chi connectivity index (χ3n) is 2.64. The van der Waals surface area contributed by atoms with E-state index in [0.717, 1.165) is 33.4 Å². The van der Waals surface area contributed by atoms with Crippen molar-refractivity contribution in [2.45, 2.75) is 6.42 Å². The minimum atomic E-state index is 0.644. The van der Waals surface area contributed by atoms with Crippen molar-refractivity contribution in [1.82, 2.24) is 14.4 Å². The molecule has 0 saturated carbocycles. The predicted molar refractivity (Wildman–Crippen MR) is 67.5 cm³/mol. The van der Waals surface area contributed by atoms with Gasteiger partial charge in [-0.3, -0.25) is 4.40 Å². The minimum Gasteiger partial charge on any atom is -0.330 e. The smallest absolute Gasteiger partial charge is 0.212 e. The van der Waals surface area contributed by atoms with Gasteiger partial charge in [0.2, 0.25) is 5.78 Å². The first-order valence-corrected chi connectivity index (χ1v) is 5.93. The number of aromatic amines is 1. The molecule has 3 aromatic rings. The molecule has 0 aliphatic rings. The molecule has 0 spiro atoms. The lowest BCUT2D eigenvalue weighted by molar-refractivity contribution is 0.936. The third-order valence-corrected chi connectivity index (χ3v) is 3.28. The Labute approximate surface area is 101 Å². The van der Waals surface area contributed by atoms with Crippen LogP contribution in [-0.4, -0.2) is 20.9 Å². The molecular weight excluding hydrogens is 268 g/mol. The Bertz CT molecular complexity index is 652. The second-order valence-corrected chi connectivity index (χ2v) is 4.59. The number of hydrogen-bond acceptors (Lipinski definition) is 2. The van der Waals surface area contributed by atoms with E-state index >= 15 is 0 Å². The fraction of sp³-hybridized carbons (Fsp3) is 0.182. The van der Waals surface area contributed by atoms with E-state index in [1.54, 1.807) is 0 Å². The van der Waals surface area contributed by atoms with Crippen molar-refractivity contribution in [1.29, 1.82) is 0 Å². The molecule has 0 bridgehead atoms. The molecule has 0 amide bonds. The van der Waals surface area contributed by atoms with Gasteiger partial charge in [0.25, 0.3) is 0 Å². The fourth-order valence-electron chi connectivity index (χ4n) is 1.92. The molecule has 0 radical (unpaired) electrons. The average molecular weight is 279 g/mol. The number of nitrogens with one attached hydrogen (secondary N) is 1. The zero-order valence-corrected chi connectivity index (χ0v) is 10.2. The first-order valence-electron chi connectivity index (χ1n) is 5.14. The van der Waals surface area contributed by atoms with Gasteiger partial charge < -0.3 is 10.7 Å². The van der Waals surface area contributed by atoms with Crippen LogP contribution in [-0.2, 0) is 6.42 Å². The van der Waals surface area contributed by atoms with E-state index in [-0.39, 0.29) is 0 Å². The molecule has 16 heavy (non-hydrogen) atoms.